The Hall–Kier alpha value is -1.70. The minimum atomic E-state index is -0.870. The third kappa shape index (κ3) is 5.78. The maximum atomic E-state index is 12.5. The maximum absolute atomic E-state index is 12.5. The van der Waals surface area contributed by atoms with Crippen LogP contribution in [0.5, 0.6) is 0 Å². The van der Waals surface area contributed by atoms with Crippen LogP contribution in [0.2, 0.25) is 0 Å². The van der Waals surface area contributed by atoms with Crippen molar-refractivity contribution >= 4 is 33.9 Å². The topological polar surface area (TPSA) is 81.6 Å². The van der Waals surface area contributed by atoms with Gasteiger partial charge >= 0.3 is 12.2 Å². The average Bonchev–Trinajstić information content (AvgIpc) is 2.30. The Morgan fingerprint density at radius 3 is 1.83 bits per heavy atom. The molecule has 1 heterocycles. The Labute approximate surface area is 144 Å². The number of halogens is 1. The lowest BCUT2D eigenvalue weighted by Crippen LogP contribution is -2.44. The summed E-state index contributed by atoms with van der Waals surface area (Å²) < 4.78 is 11.0. The molecule has 1 aromatic rings. The highest BCUT2D eigenvalue weighted by atomic mass is 79.9. The molecule has 1 aromatic heterocycles. The van der Waals surface area contributed by atoms with E-state index in [2.05, 4.69) is 25.9 Å². The molecule has 2 amide bonds. The number of ether oxygens (including phenoxy) is 2. The summed E-state index contributed by atoms with van der Waals surface area (Å²) in [5.41, 5.74) is -0.968. The number of carbonyl (C=O) groups is 2. The SMILES string of the molecule is Cc1ncnc(N(C(=O)OC(C)(C)C)C(=O)OC(C)(C)C)c1Br. The zero-order valence-corrected chi connectivity index (χ0v) is 16.0. The van der Waals surface area contributed by atoms with Crippen molar-refractivity contribution in [1.29, 1.82) is 0 Å². The van der Waals surface area contributed by atoms with E-state index in [-0.39, 0.29) is 5.82 Å². The summed E-state index contributed by atoms with van der Waals surface area (Å²) in [4.78, 5) is 33.7. The zero-order chi connectivity index (χ0) is 18.0. The van der Waals surface area contributed by atoms with E-state index in [1.165, 1.54) is 6.33 Å². The number of imide groups is 1. The molecular formula is C15H22BrN3O4. The van der Waals surface area contributed by atoms with Gasteiger partial charge < -0.3 is 9.47 Å². The molecule has 7 nitrogen and oxygen atoms in total. The Kier molecular flexibility index (Phi) is 5.74. The van der Waals surface area contributed by atoms with Gasteiger partial charge in [-0.15, -0.1) is 0 Å². The van der Waals surface area contributed by atoms with Crippen molar-refractivity contribution in [3.63, 3.8) is 0 Å². The van der Waals surface area contributed by atoms with Gasteiger partial charge in [-0.1, -0.05) is 0 Å². The molecule has 0 atom stereocenters. The van der Waals surface area contributed by atoms with E-state index in [0.717, 1.165) is 4.90 Å². The van der Waals surface area contributed by atoms with Gasteiger partial charge in [0.2, 0.25) is 0 Å². The van der Waals surface area contributed by atoms with Crippen LogP contribution >= 0.6 is 15.9 Å². The Morgan fingerprint density at radius 2 is 1.43 bits per heavy atom. The highest BCUT2D eigenvalue weighted by Crippen LogP contribution is 2.28. The standard InChI is InChI=1S/C15H22BrN3O4/c1-9-10(16)11(18-8-17-9)19(12(20)22-14(2,3)4)13(21)23-15(5,6)7/h8H,1-7H3. The number of nitrogens with zero attached hydrogens (tertiary/aromatic N) is 3. The van der Waals surface area contributed by atoms with Crippen LogP contribution in [0.1, 0.15) is 47.2 Å². The third-order valence-corrected chi connectivity index (χ3v) is 3.24. The second-order valence-electron chi connectivity index (χ2n) is 6.89. The molecule has 0 saturated heterocycles. The summed E-state index contributed by atoms with van der Waals surface area (Å²) in [6.07, 6.45) is -0.479. The van der Waals surface area contributed by atoms with Gasteiger partial charge in [-0.05, 0) is 64.4 Å². The van der Waals surface area contributed by atoms with Crippen molar-refractivity contribution in [1.82, 2.24) is 9.97 Å². The fraction of sp³-hybridized carbons (Fsp3) is 0.600. The number of hydrogen-bond donors (Lipinski definition) is 0. The molecule has 0 radical (unpaired) electrons. The summed E-state index contributed by atoms with van der Waals surface area (Å²) in [5.74, 6) is 0.0704. The number of amides is 2. The number of aryl methyl sites for hydroxylation is 1. The van der Waals surface area contributed by atoms with Gasteiger partial charge in [0, 0.05) is 0 Å². The molecule has 0 saturated carbocycles. The average molecular weight is 388 g/mol. The monoisotopic (exact) mass is 387 g/mol. The lowest BCUT2D eigenvalue weighted by atomic mass is 10.2. The van der Waals surface area contributed by atoms with Crippen molar-refractivity contribution in [3.05, 3.63) is 16.5 Å². The summed E-state index contributed by atoms with van der Waals surface area (Å²) in [5, 5.41) is 0. The molecule has 0 fully saturated rings. The highest BCUT2D eigenvalue weighted by molar-refractivity contribution is 9.10. The molecule has 0 aliphatic heterocycles. The molecule has 8 heteroatoms. The van der Waals surface area contributed by atoms with Gasteiger partial charge in [0.1, 0.15) is 17.5 Å². The van der Waals surface area contributed by atoms with Crippen LogP contribution in [-0.4, -0.2) is 33.4 Å². The summed E-state index contributed by atoms with van der Waals surface area (Å²) in [7, 11) is 0. The number of carbonyl (C=O) groups excluding carboxylic acids is 2. The lowest BCUT2D eigenvalue weighted by molar-refractivity contribution is 0.0428. The number of hydrogen-bond acceptors (Lipinski definition) is 6. The Balaban J connectivity index is 3.29. The van der Waals surface area contributed by atoms with Gasteiger partial charge in [0.25, 0.3) is 0 Å². The van der Waals surface area contributed by atoms with E-state index in [4.69, 9.17) is 9.47 Å². The zero-order valence-electron chi connectivity index (χ0n) is 14.4. The molecular weight excluding hydrogens is 366 g/mol. The normalized spacial score (nSPS) is 11.8. The van der Waals surface area contributed by atoms with E-state index in [0.29, 0.717) is 10.2 Å². The first-order chi connectivity index (χ1) is 10.3. The van der Waals surface area contributed by atoms with Gasteiger partial charge in [-0.25, -0.2) is 19.6 Å². The number of rotatable bonds is 1. The van der Waals surface area contributed by atoms with Gasteiger partial charge in [0.15, 0.2) is 5.82 Å². The second kappa shape index (κ2) is 6.82. The van der Waals surface area contributed by atoms with Crippen LogP contribution in [0.25, 0.3) is 0 Å². The Bertz CT molecular complexity index is 578. The summed E-state index contributed by atoms with van der Waals surface area (Å²) in [6, 6.07) is 0. The van der Waals surface area contributed by atoms with Crippen LogP contribution in [0.3, 0.4) is 0 Å². The fourth-order valence-electron chi connectivity index (χ4n) is 1.46. The molecule has 0 aromatic carbocycles. The smallest absolute Gasteiger partial charge is 0.425 e. The predicted molar refractivity (Wildman–Crippen MR) is 89.4 cm³/mol. The van der Waals surface area contributed by atoms with Crippen molar-refractivity contribution in [2.24, 2.45) is 0 Å². The van der Waals surface area contributed by atoms with Crippen molar-refractivity contribution < 1.29 is 19.1 Å². The highest BCUT2D eigenvalue weighted by Gasteiger charge is 2.35. The van der Waals surface area contributed by atoms with Crippen LogP contribution < -0.4 is 4.90 Å². The quantitative estimate of drug-likeness (QED) is 0.716. The van der Waals surface area contributed by atoms with Crippen LogP contribution in [0.15, 0.2) is 10.8 Å². The first-order valence-corrected chi connectivity index (χ1v) is 7.84. The molecule has 128 valence electrons. The molecule has 23 heavy (non-hydrogen) atoms. The minimum absolute atomic E-state index is 0.0704. The van der Waals surface area contributed by atoms with Crippen molar-refractivity contribution in [2.45, 2.75) is 59.7 Å². The van der Waals surface area contributed by atoms with E-state index in [9.17, 15) is 9.59 Å². The molecule has 1 rings (SSSR count). The van der Waals surface area contributed by atoms with Gasteiger partial charge in [-0.3, -0.25) is 0 Å². The molecule has 0 aliphatic carbocycles. The van der Waals surface area contributed by atoms with Crippen LogP contribution in [-0.2, 0) is 9.47 Å². The van der Waals surface area contributed by atoms with E-state index in [1.54, 1.807) is 48.5 Å². The number of aromatic nitrogens is 2. The third-order valence-electron chi connectivity index (χ3n) is 2.31. The van der Waals surface area contributed by atoms with Crippen molar-refractivity contribution in [2.75, 3.05) is 4.90 Å². The molecule has 0 bridgehead atoms. The fourth-order valence-corrected chi connectivity index (χ4v) is 1.85. The molecule has 0 unspecified atom stereocenters. The number of anilines is 1. The van der Waals surface area contributed by atoms with E-state index in [1.807, 2.05) is 0 Å². The lowest BCUT2D eigenvalue weighted by Gasteiger charge is -2.28. The molecule has 0 N–H and O–H groups in total. The van der Waals surface area contributed by atoms with Crippen LogP contribution in [0.4, 0.5) is 15.4 Å². The van der Waals surface area contributed by atoms with Crippen molar-refractivity contribution in [3.8, 4) is 0 Å². The van der Waals surface area contributed by atoms with E-state index >= 15 is 0 Å². The van der Waals surface area contributed by atoms with Crippen LogP contribution in [0, 0.1) is 6.92 Å². The first kappa shape index (κ1) is 19.3. The molecule has 0 aliphatic rings. The summed E-state index contributed by atoms with van der Waals surface area (Å²) >= 11 is 3.29. The maximum Gasteiger partial charge on any atom is 0.425 e. The summed E-state index contributed by atoms with van der Waals surface area (Å²) in [6.45, 7) is 12.0. The molecule has 0 spiro atoms. The van der Waals surface area contributed by atoms with Gasteiger partial charge in [0.05, 0.1) is 10.2 Å². The largest absolute Gasteiger partial charge is 0.443 e. The second-order valence-corrected chi connectivity index (χ2v) is 7.69. The minimum Gasteiger partial charge on any atom is -0.443 e. The first-order valence-electron chi connectivity index (χ1n) is 7.05. The van der Waals surface area contributed by atoms with Gasteiger partial charge in [-0.2, -0.15) is 4.90 Å². The van der Waals surface area contributed by atoms with E-state index < -0.39 is 23.4 Å². The Morgan fingerprint density at radius 1 is 1.00 bits per heavy atom. The predicted octanol–water partition coefficient (Wildman–Crippen LogP) is 4.22.